The minimum atomic E-state index is -1.96. The zero-order chi connectivity index (χ0) is 14.2. The van der Waals surface area contributed by atoms with E-state index in [9.17, 15) is 9.90 Å². The molecule has 1 aromatic heterocycles. The zero-order valence-electron chi connectivity index (χ0n) is 9.90. The lowest BCUT2D eigenvalue weighted by Gasteiger charge is -2.17. The van der Waals surface area contributed by atoms with Crippen molar-refractivity contribution in [2.24, 2.45) is 0 Å². The standard InChI is InChI=1S/C12H11Cl3N2O2/c1-7-9(10(18)12(13,14)15)11(19)17(16-7)8-5-3-2-4-6-8/h2-6,10,16,18H,1H3. The Labute approximate surface area is 124 Å². The van der Waals surface area contributed by atoms with E-state index < -0.39 is 15.5 Å². The Bertz CT molecular complexity index is 629. The molecule has 0 aliphatic carbocycles. The van der Waals surface area contributed by atoms with Crippen LogP contribution in [-0.4, -0.2) is 18.7 Å². The number of aromatic nitrogens is 2. The Morgan fingerprint density at radius 1 is 1.26 bits per heavy atom. The van der Waals surface area contributed by atoms with Crippen LogP contribution in [0.25, 0.3) is 5.69 Å². The first-order valence-corrected chi connectivity index (χ1v) is 6.57. The van der Waals surface area contributed by atoms with E-state index in [2.05, 4.69) is 5.10 Å². The second kappa shape index (κ2) is 5.21. The molecule has 0 aliphatic rings. The molecule has 1 heterocycles. The van der Waals surface area contributed by atoms with Gasteiger partial charge in [0.15, 0.2) is 0 Å². The van der Waals surface area contributed by atoms with Gasteiger partial charge in [-0.2, -0.15) is 0 Å². The molecule has 2 rings (SSSR count). The van der Waals surface area contributed by atoms with Crippen LogP contribution in [0.2, 0.25) is 0 Å². The van der Waals surface area contributed by atoms with Crippen molar-refractivity contribution in [3.8, 4) is 5.69 Å². The second-order valence-electron chi connectivity index (χ2n) is 4.07. The summed E-state index contributed by atoms with van der Waals surface area (Å²) >= 11 is 16.9. The summed E-state index contributed by atoms with van der Waals surface area (Å²) in [6, 6.07) is 8.93. The molecule has 2 N–H and O–H groups in total. The Morgan fingerprint density at radius 3 is 2.37 bits per heavy atom. The lowest BCUT2D eigenvalue weighted by Crippen LogP contribution is -2.25. The number of aromatic amines is 1. The molecule has 19 heavy (non-hydrogen) atoms. The van der Waals surface area contributed by atoms with Crippen molar-refractivity contribution in [1.82, 2.24) is 9.78 Å². The second-order valence-corrected chi connectivity index (χ2v) is 6.44. The van der Waals surface area contributed by atoms with Crippen LogP contribution in [0.15, 0.2) is 35.1 Å². The van der Waals surface area contributed by atoms with Crippen LogP contribution in [-0.2, 0) is 0 Å². The van der Waals surface area contributed by atoms with E-state index in [4.69, 9.17) is 34.8 Å². The molecule has 2 aromatic rings. The normalized spacial score (nSPS) is 13.5. The van der Waals surface area contributed by atoms with Crippen molar-refractivity contribution in [3.05, 3.63) is 51.9 Å². The van der Waals surface area contributed by atoms with E-state index in [-0.39, 0.29) is 5.56 Å². The van der Waals surface area contributed by atoms with Crippen molar-refractivity contribution in [3.63, 3.8) is 0 Å². The first kappa shape index (κ1) is 14.5. The number of aliphatic hydroxyl groups is 1. The zero-order valence-corrected chi connectivity index (χ0v) is 12.2. The molecule has 0 amide bonds. The van der Waals surface area contributed by atoms with Gasteiger partial charge in [-0.25, -0.2) is 4.68 Å². The molecule has 7 heteroatoms. The van der Waals surface area contributed by atoms with Crippen LogP contribution >= 0.6 is 34.8 Å². The maximum atomic E-state index is 12.3. The van der Waals surface area contributed by atoms with Gasteiger partial charge in [0.2, 0.25) is 3.79 Å². The van der Waals surface area contributed by atoms with Gasteiger partial charge in [0, 0.05) is 5.69 Å². The highest BCUT2D eigenvalue weighted by Crippen LogP contribution is 2.39. The van der Waals surface area contributed by atoms with E-state index in [0.29, 0.717) is 11.4 Å². The molecule has 1 atom stereocenters. The number of nitrogens with one attached hydrogen (secondary N) is 1. The fraction of sp³-hybridized carbons (Fsp3) is 0.250. The lowest BCUT2D eigenvalue weighted by molar-refractivity contribution is 0.180. The van der Waals surface area contributed by atoms with E-state index in [1.165, 1.54) is 4.68 Å². The highest BCUT2D eigenvalue weighted by molar-refractivity contribution is 6.68. The quantitative estimate of drug-likeness (QED) is 0.836. The van der Waals surface area contributed by atoms with Crippen LogP contribution in [0.1, 0.15) is 17.4 Å². The van der Waals surface area contributed by atoms with Gasteiger partial charge in [0.25, 0.3) is 5.56 Å². The topological polar surface area (TPSA) is 58.0 Å². The van der Waals surface area contributed by atoms with Crippen molar-refractivity contribution in [2.75, 3.05) is 0 Å². The summed E-state index contributed by atoms with van der Waals surface area (Å²) in [7, 11) is 0. The van der Waals surface area contributed by atoms with Crippen LogP contribution in [0.5, 0.6) is 0 Å². The van der Waals surface area contributed by atoms with E-state index in [1.54, 1.807) is 31.2 Å². The van der Waals surface area contributed by atoms with Gasteiger partial charge < -0.3 is 5.11 Å². The van der Waals surface area contributed by atoms with Gasteiger partial charge >= 0.3 is 0 Å². The van der Waals surface area contributed by atoms with Crippen molar-refractivity contribution in [2.45, 2.75) is 16.8 Å². The van der Waals surface area contributed by atoms with E-state index in [0.717, 1.165) is 0 Å². The molecular formula is C12H11Cl3N2O2. The third-order valence-electron chi connectivity index (χ3n) is 2.71. The van der Waals surface area contributed by atoms with Gasteiger partial charge in [-0.15, -0.1) is 0 Å². The summed E-state index contributed by atoms with van der Waals surface area (Å²) in [6.07, 6.45) is -1.49. The number of rotatable bonds is 2. The van der Waals surface area contributed by atoms with Gasteiger partial charge in [0.05, 0.1) is 11.3 Å². The number of aliphatic hydroxyl groups excluding tert-OH is 1. The summed E-state index contributed by atoms with van der Waals surface area (Å²) in [5, 5.41) is 12.8. The summed E-state index contributed by atoms with van der Waals surface area (Å²) in [6.45, 7) is 1.63. The Kier molecular flexibility index (Phi) is 3.97. The molecule has 0 saturated heterocycles. The molecule has 0 bridgehead atoms. The minimum Gasteiger partial charge on any atom is -0.384 e. The minimum absolute atomic E-state index is 0.0452. The monoisotopic (exact) mass is 320 g/mol. The Balaban J connectivity index is 2.56. The van der Waals surface area contributed by atoms with Crippen LogP contribution in [0.3, 0.4) is 0 Å². The number of alkyl halides is 3. The van der Waals surface area contributed by atoms with Crippen molar-refractivity contribution >= 4 is 34.8 Å². The number of halogens is 3. The molecule has 0 fully saturated rings. The highest BCUT2D eigenvalue weighted by atomic mass is 35.6. The SMILES string of the molecule is Cc1[nH]n(-c2ccccc2)c(=O)c1C(O)C(Cl)(Cl)Cl. The van der Waals surface area contributed by atoms with Gasteiger partial charge in [0.1, 0.15) is 6.10 Å². The molecule has 1 aromatic carbocycles. The molecule has 4 nitrogen and oxygen atoms in total. The summed E-state index contributed by atoms with van der Waals surface area (Å²) in [5.41, 5.74) is 0.692. The maximum Gasteiger partial charge on any atom is 0.277 e. The average molecular weight is 322 g/mol. The van der Waals surface area contributed by atoms with Crippen LogP contribution in [0, 0.1) is 6.92 Å². The Morgan fingerprint density at radius 2 is 1.84 bits per heavy atom. The van der Waals surface area contributed by atoms with Gasteiger partial charge in [-0.1, -0.05) is 53.0 Å². The molecular weight excluding hydrogens is 311 g/mol. The number of aryl methyl sites for hydroxylation is 1. The Hall–Kier alpha value is -0.940. The smallest absolute Gasteiger partial charge is 0.277 e. The first-order valence-electron chi connectivity index (χ1n) is 5.44. The number of H-pyrrole nitrogens is 1. The van der Waals surface area contributed by atoms with E-state index in [1.807, 2.05) is 6.07 Å². The molecule has 102 valence electrons. The predicted molar refractivity (Wildman–Crippen MR) is 76.4 cm³/mol. The summed E-state index contributed by atoms with van der Waals surface area (Å²) in [4.78, 5) is 12.3. The molecule has 0 saturated carbocycles. The third-order valence-corrected chi connectivity index (χ3v) is 3.33. The number of para-hydroxylation sites is 1. The number of benzene rings is 1. The predicted octanol–water partition coefficient (Wildman–Crippen LogP) is 2.88. The fourth-order valence-corrected chi connectivity index (χ4v) is 2.13. The van der Waals surface area contributed by atoms with E-state index >= 15 is 0 Å². The highest BCUT2D eigenvalue weighted by Gasteiger charge is 2.36. The maximum absolute atomic E-state index is 12.3. The average Bonchev–Trinajstić information content (AvgIpc) is 2.64. The lowest BCUT2D eigenvalue weighted by atomic mass is 10.1. The van der Waals surface area contributed by atoms with Gasteiger partial charge in [-0.3, -0.25) is 9.89 Å². The summed E-state index contributed by atoms with van der Waals surface area (Å²) < 4.78 is -0.662. The molecule has 0 spiro atoms. The van der Waals surface area contributed by atoms with Crippen LogP contribution < -0.4 is 5.56 Å². The van der Waals surface area contributed by atoms with Crippen molar-refractivity contribution < 1.29 is 5.11 Å². The molecule has 0 aliphatic heterocycles. The molecule has 1 unspecified atom stereocenters. The van der Waals surface area contributed by atoms with Crippen LogP contribution in [0.4, 0.5) is 0 Å². The number of hydrogen-bond acceptors (Lipinski definition) is 2. The fourth-order valence-electron chi connectivity index (χ4n) is 1.80. The largest absolute Gasteiger partial charge is 0.384 e. The first-order chi connectivity index (χ1) is 8.82. The van der Waals surface area contributed by atoms with Crippen molar-refractivity contribution in [1.29, 1.82) is 0 Å². The summed E-state index contributed by atoms with van der Waals surface area (Å²) in [5.74, 6) is 0. The third kappa shape index (κ3) is 2.82. The molecule has 0 radical (unpaired) electrons. The number of nitrogens with zero attached hydrogens (tertiary/aromatic N) is 1. The van der Waals surface area contributed by atoms with Gasteiger partial charge in [-0.05, 0) is 19.1 Å². The number of hydrogen-bond donors (Lipinski definition) is 2.